The summed E-state index contributed by atoms with van der Waals surface area (Å²) in [4.78, 5) is 12.1. The van der Waals surface area contributed by atoms with Crippen molar-refractivity contribution >= 4 is 5.78 Å². The number of rotatable bonds is 1. The van der Waals surface area contributed by atoms with E-state index in [0.717, 1.165) is 25.1 Å². The van der Waals surface area contributed by atoms with E-state index in [-0.39, 0.29) is 11.2 Å². The summed E-state index contributed by atoms with van der Waals surface area (Å²) in [6.07, 6.45) is 1.07. The van der Waals surface area contributed by atoms with Crippen LogP contribution in [0, 0.1) is 5.41 Å². The van der Waals surface area contributed by atoms with Gasteiger partial charge in [-0.1, -0.05) is 32.9 Å². The Balaban J connectivity index is 2.34. The fourth-order valence-corrected chi connectivity index (χ4v) is 2.05. The molecule has 2 heteroatoms. The second-order valence-corrected chi connectivity index (χ2v) is 5.49. The Hall–Kier alpha value is -1.15. The summed E-state index contributed by atoms with van der Waals surface area (Å²) in [5, 5.41) is 3.33. The van der Waals surface area contributed by atoms with Crippen LogP contribution >= 0.6 is 0 Å². The summed E-state index contributed by atoms with van der Waals surface area (Å²) in [6, 6.07) is 6.13. The Kier molecular flexibility index (Phi) is 2.85. The van der Waals surface area contributed by atoms with Gasteiger partial charge in [-0.05, 0) is 30.2 Å². The monoisotopic (exact) mass is 217 g/mol. The van der Waals surface area contributed by atoms with Crippen LogP contribution in [0.2, 0.25) is 0 Å². The maximum atomic E-state index is 12.1. The summed E-state index contributed by atoms with van der Waals surface area (Å²) in [7, 11) is 0. The molecule has 1 heterocycles. The fraction of sp³-hybridized carbons (Fsp3) is 0.500. The first-order chi connectivity index (χ1) is 7.48. The van der Waals surface area contributed by atoms with Crippen LogP contribution < -0.4 is 5.32 Å². The number of Topliss-reactive ketones (excluding diaryl/α,β-unsaturated/α-hetero) is 1. The van der Waals surface area contributed by atoms with Gasteiger partial charge in [0.2, 0.25) is 0 Å². The van der Waals surface area contributed by atoms with Gasteiger partial charge in [0, 0.05) is 17.5 Å². The normalized spacial score (nSPS) is 15.7. The second-order valence-electron chi connectivity index (χ2n) is 5.49. The molecule has 0 spiro atoms. The molecule has 0 bridgehead atoms. The number of ketones is 1. The lowest BCUT2D eigenvalue weighted by Gasteiger charge is -2.20. The van der Waals surface area contributed by atoms with Crippen molar-refractivity contribution in [2.45, 2.75) is 33.7 Å². The van der Waals surface area contributed by atoms with Crippen LogP contribution in [-0.4, -0.2) is 12.3 Å². The van der Waals surface area contributed by atoms with Crippen molar-refractivity contribution in [3.63, 3.8) is 0 Å². The average Bonchev–Trinajstić information content (AvgIpc) is 2.26. The second kappa shape index (κ2) is 4.02. The average molecular weight is 217 g/mol. The van der Waals surface area contributed by atoms with Crippen molar-refractivity contribution in [2.75, 3.05) is 6.54 Å². The molecule has 0 amide bonds. The van der Waals surface area contributed by atoms with Crippen molar-refractivity contribution < 1.29 is 4.79 Å². The fourth-order valence-electron chi connectivity index (χ4n) is 2.05. The molecule has 2 nitrogen and oxygen atoms in total. The van der Waals surface area contributed by atoms with Crippen LogP contribution in [0.3, 0.4) is 0 Å². The first-order valence-electron chi connectivity index (χ1n) is 5.86. The van der Waals surface area contributed by atoms with Gasteiger partial charge >= 0.3 is 0 Å². The number of nitrogens with one attached hydrogen (secondary N) is 1. The Morgan fingerprint density at radius 1 is 1.25 bits per heavy atom. The van der Waals surface area contributed by atoms with Gasteiger partial charge in [-0.25, -0.2) is 0 Å². The van der Waals surface area contributed by atoms with Crippen molar-refractivity contribution in [2.24, 2.45) is 5.41 Å². The molecule has 0 saturated carbocycles. The molecule has 2 rings (SSSR count). The standard InChI is InChI=1S/C14H19NO/c1-14(2,3)13(16)11-5-4-10-6-7-15-9-12(10)8-11/h4-5,8,15H,6-7,9H2,1-3H3. The van der Waals surface area contributed by atoms with E-state index in [2.05, 4.69) is 17.4 Å². The van der Waals surface area contributed by atoms with Crippen LogP contribution in [0.1, 0.15) is 42.3 Å². The molecule has 0 fully saturated rings. The van der Waals surface area contributed by atoms with Crippen LogP contribution in [-0.2, 0) is 13.0 Å². The number of carbonyl (C=O) groups excluding carboxylic acids is 1. The van der Waals surface area contributed by atoms with Crippen LogP contribution in [0.25, 0.3) is 0 Å². The van der Waals surface area contributed by atoms with Gasteiger partial charge in [0.15, 0.2) is 5.78 Å². The third-order valence-electron chi connectivity index (χ3n) is 3.04. The molecule has 0 aliphatic carbocycles. The maximum absolute atomic E-state index is 12.1. The van der Waals surface area contributed by atoms with E-state index in [1.165, 1.54) is 11.1 Å². The summed E-state index contributed by atoms with van der Waals surface area (Å²) in [5.41, 5.74) is 3.21. The van der Waals surface area contributed by atoms with Gasteiger partial charge in [0.05, 0.1) is 0 Å². The highest BCUT2D eigenvalue weighted by atomic mass is 16.1. The van der Waals surface area contributed by atoms with Crippen molar-refractivity contribution in [1.29, 1.82) is 0 Å². The molecule has 0 unspecified atom stereocenters. The summed E-state index contributed by atoms with van der Waals surface area (Å²) in [6.45, 7) is 7.83. The molecule has 0 saturated heterocycles. The number of benzene rings is 1. The number of hydrogen-bond acceptors (Lipinski definition) is 2. The lowest BCUT2D eigenvalue weighted by molar-refractivity contribution is 0.0858. The van der Waals surface area contributed by atoms with E-state index in [1.807, 2.05) is 26.8 Å². The Morgan fingerprint density at radius 2 is 2.00 bits per heavy atom. The molecule has 1 aliphatic rings. The van der Waals surface area contributed by atoms with Crippen molar-refractivity contribution in [1.82, 2.24) is 5.32 Å². The van der Waals surface area contributed by atoms with E-state index < -0.39 is 0 Å². The highest BCUT2D eigenvalue weighted by Crippen LogP contribution is 2.23. The van der Waals surface area contributed by atoms with E-state index in [4.69, 9.17) is 0 Å². The molecular formula is C14H19NO. The predicted octanol–water partition coefficient (Wildman–Crippen LogP) is 2.56. The molecule has 1 N–H and O–H groups in total. The summed E-state index contributed by atoms with van der Waals surface area (Å²) in [5.74, 6) is 0.223. The molecule has 0 atom stereocenters. The van der Waals surface area contributed by atoms with Crippen LogP contribution in [0.15, 0.2) is 18.2 Å². The molecule has 1 aliphatic heterocycles. The largest absolute Gasteiger partial charge is 0.312 e. The van der Waals surface area contributed by atoms with E-state index in [1.54, 1.807) is 0 Å². The quantitative estimate of drug-likeness (QED) is 0.732. The van der Waals surface area contributed by atoms with Crippen LogP contribution in [0.4, 0.5) is 0 Å². The maximum Gasteiger partial charge on any atom is 0.168 e. The van der Waals surface area contributed by atoms with E-state index in [0.29, 0.717) is 0 Å². The minimum Gasteiger partial charge on any atom is -0.312 e. The smallest absolute Gasteiger partial charge is 0.168 e. The van der Waals surface area contributed by atoms with Crippen molar-refractivity contribution in [3.8, 4) is 0 Å². The van der Waals surface area contributed by atoms with Gasteiger partial charge in [0.25, 0.3) is 0 Å². The number of hydrogen-bond donors (Lipinski definition) is 1. The van der Waals surface area contributed by atoms with Gasteiger partial charge in [-0.15, -0.1) is 0 Å². The molecular weight excluding hydrogens is 198 g/mol. The zero-order chi connectivity index (χ0) is 11.8. The Labute approximate surface area is 97.1 Å². The molecule has 16 heavy (non-hydrogen) atoms. The van der Waals surface area contributed by atoms with E-state index >= 15 is 0 Å². The summed E-state index contributed by atoms with van der Waals surface area (Å²) < 4.78 is 0. The molecule has 1 aromatic carbocycles. The SMILES string of the molecule is CC(C)(C)C(=O)c1ccc2c(c1)CNCC2. The van der Waals surface area contributed by atoms with E-state index in [9.17, 15) is 4.79 Å². The van der Waals surface area contributed by atoms with Crippen LogP contribution in [0.5, 0.6) is 0 Å². The lowest BCUT2D eigenvalue weighted by Crippen LogP contribution is -2.25. The third-order valence-corrected chi connectivity index (χ3v) is 3.04. The van der Waals surface area contributed by atoms with Gasteiger partial charge < -0.3 is 5.32 Å². The molecule has 0 radical (unpaired) electrons. The first-order valence-corrected chi connectivity index (χ1v) is 5.86. The molecule has 0 aromatic heterocycles. The summed E-state index contributed by atoms with van der Waals surface area (Å²) >= 11 is 0. The van der Waals surface area contributed by atoms with Gasteiger partial charge in [-0.3, -0.25) is 4.79 Å². The van der Waals surface area contributed by atoms with Crippen molar-refractivity contribution in [3.05, 3.63) is 34.9 Å². The molecule has 1 aromatic rings. The topological polar surface area (TPSA) is 29.1 Å². The van der Waals surface area contributed by atoms with Gasteiger partial charge in [0.1, 0.15) is 0 Å². The minimum absolute atomic E-state index is 0.223. The predicted molar refractivity (Wildman–Crippen MR) is 65.6 cm³/mol. The van der Waals surface area contributed by atoms with Gasteiger partial charge in [-0.2, -0.15) is 0 Å². The minimum atomic E-state index is -0.295. The number of fused-ring (bicyclic) bond motifs is 1. The Morgan fingerprint density at radius 3 is 2.69 bits per heavy atom. The highest BCUT2D eigenvalue weighted by Gasteiger charge is 2.23. The zero-order valence-corrected chi connectivity index (χ0v) is 10.3. The lowest BCUT2D eigenvalue weighted by atomic mass is 9.85. The third kappa shape index (κ3) is 2.17. The number of carbonyl (C=O) groups is 1. The molecule has 86 valence electrons. The zero-order valence-electron chi connectivity index (χ0n) is 10.3. The highest BCUT2D eigenvalue weighted by molar-refractivity contribution is 6.00. The Bertz CT molecular complexity index is 415. The first kappa shape index (κ1) is 11.3.